The van der Waals surface area contributed by atoms with Gasteiger partial charge in [0.2, 0.25) is 0 Å². The molecule has 1 aromatic rings. The van der Waals surface area contributed by atoms with Crippen molar-refractivity contribution < 1.29 is 0 Å². The number of hydrogen-bond acceptors (Lipinski definition) is 3. The summed E-state index contributed by atoms with van der Waals surface area (Å²) in [6, 6.07) is 0. The summed E-state index contributed by atoms with van der Waals surface area (Å²) in [6.45, 7) is 0. The number of hydrogen-bond donors (Lipinski definition) is 0. The van der Waals surface area contributed by atoms with E-state index in [9.17, 15) is 0 Å². The van der Waals surface area contributed by atoms with Gasteiger partial charge in [0.05, 0.1) is 0 Å². The fraction of sp³-hybridized carbons (Fsp3) is 0.167. The quantitative estimate of drug-likeness (QED) is 0.487. The Morgan fingerprint density at radius 1 is 1.54 bits per heavy atom. The zero-order valence-corrected chi connectivity index (χ0v) is 13.4. The van der Waals surface area contributed by atoms with Gasteiger partial charge in [-0.2, -0.15) is 0 Å². The van der Waals surface area contributed by atoms with Gasteiger partial charge in [0.15, 0.2) is 0 Å². The molecule has 13 heavy (non-hydrogen) atoms. The fourth-order valence-corrected chi connectivity index (χ4v) is 12.4. The minimum atomic E-state index is 0.514. The van der Waals surface area contributed by atoms with Crippen LogP contribution < -0.4 is 4.90 Å². The molecule has 0 bridgehead atoms. The molecule has 3 heterocycles. The maximum absolute atomic E-state index is 4.58. The summed E-state index contributed by atoms with van der Waals surface area (Å²) >= 11 is 2.34. The van der Waals surface area contributed by atoms with Gasteiger partial charge in [-0.25, -0.2) is 0 Å². The molecule has 3 nitrogen and oxygen atoms in total. The van der Waals surface area contributed by atoms with Gasteiger partial charge in [0, 0.05) is 0 Å². The average molecular weight is 434 g/mol. The summed E-state index contributed by atoms with van der Waals surface area (Å²) in [5, 5.41) is 0. The van der Waals surface area contributed by atoms with E-state index in [1.807, 2.05) is 0 Å². The van der Waals surface area contributed by atoms with Crippen LogP contribution in [0.3, 0.4) is 0 Å². The van der Waals surface area contributed by atoms with Crippen LogP contribution in [-0.4, -0.2) is 68.8 Å². The third-order valence-electron chi connectivity index (χ3n) is 1.84. The Morgan fingerprint density at radius 3 is 3.38 bits per heavy atom. The number of aromatic nitrogens is 1. The molecule has 0 saturated carbocycles. The monoisotopic (exact) mass is 438 g/mol. The Bertz CT molecular complexity index is 421. The van der Waals surface area contributed by atoms with E-state index in [-0.39, 0.29) is 0 Å². The molecule has 0 radical (unpaired) electrons. The van der Waals surface area contributed by atoms with Crippen molar-refractivity contribution in [1.82, 2.24) is 3.98 Å². The van der Waals surface area contributed by atoms with E-state index in [1.54, 1.807) is 0 Å². The molecule has 0 saturated heterocycles. The second kappa shape index (κ2) is 3.44. The summed E-state index contributed by atoms with van der Waals surface area (Å²) < 4.78 is 12.2. The van der Waals surface area contributed by atoms with Crippen molar-refractivity contribution in [3.63, 3.8) is 0 Å². The van der Waals surface area contributed by atoms with Crippen molar-refractivity contribution in [2.45, 2.75) is 0 Å². The van der Waals surface area contributed by atoms with Crippen molar-refractivity contribution in [1.29, 1.82) is 0 Å². The van der Waals surface area contributed by atoms with Gasteiger partial charge in [-0.1, -0.05) is 0 Å². The van der Waals surface area contributed by atoms with Crippen LogP contribution in [0.5, 0.6) is 0 Å². The molecule has 0 fully saturated rings. The van der Waals surface area contributed by atoms with Crippen LogP contribution in [-0.2, 0) is 0 Å². The standard InChI is InChI=1S/C6H4N3Se4/c1-9-5-3(10-12-7-5)2-4-6(9)8-13-11-4/h2H,1H3/q+1. The van der Waals surface area contributed by atoms with Gasteiger partial charge in [-0.3, -0.25) is 0 Å². The van der Waals surface area contributed by atoms with E-state index in [4.69, 9.17) is 0 Å². The summed E-state index contributed by atoms with van der Waals surface area (Å²) in [7, 11) is 2.11. The number of nitrogens with zero attached hydrogens (tertiary/aromatic N) is 3. The van der Waals surface area contributed by atoms with Crippen LogP contribution >= 0.6 is 0 Å². The Balaban J connectivity index is 2.22. The number of fused-ring (bicyclic) bond motifs is 2. The Hall–Kier alpha value is 0.828. The minimum absolute atomic E-state index is 0.514. The predicted molar refractivity (Wildman–Crippen MR) is 57.8 cm³/mol. The molecule has 2 aliphatic rings. The second-order valence-electron chi connectivity index (χ2n) is 2.58. The van der Waals surface area contributed by atoms with E-state index in [1.165, 1.54) is 20.6 Å². The molecule has 0 spiro atoms. The Kier molecular flexibility index (Phi) is 2.41. The van der Waals surface area contributed by atoms with Crippen LogP contribution in [0.15, 0.2) is 8.48 Å². The Labute approximate surface area is 97.6 Å². The number of amidine groups is 1. The molecule has 66 valence electrons. The molecule has 0 N–H and O–H groups in total. The van der Waals surface area contributed by atoms with Gasteiger partial charge >= 0.3 is 98.6 Å². The molecule has 0 amide bonds. The van der Waals surface area contributed by atoms with Gasteiger partial charge in [-0.05, 0) is 0 Å². The Morgan fingerprint density at radius 2 is 2.46 bits per heavy atom. The molecule has 1 aromatic heterocycles. The zero-order chi connectivity index (χ0) is 8.84. The fourth-order valence-electron chi connectivity index (χ4n) is 1.20. The van der Waals surface area contributed by atoms with Crippen molar-refractivity contribution in [2.75, 3.05) is 11.9 Å². The number of anilines is 1. The van der Waals surface area contributed by atoms with Gasteiger partial charge in [0.25, 0.3) is 0 Å². The van der Waals surface area contributed by atoms with Crippen LogP contribution in [0.1, 0.15) is 4.44 Å². The first-order valence-corrected chi connectivity index (χ1v) is 15.4. The molecule has 0 unspecified atom stereocenters. The van der Waals surface area contributed by atoms with E-state index in [0.717, 1.165) is 0 Å². The number of rotatable bonds is 0. The first kappa shape index (κ1) is 9.08. The molecule has 0 aromatic carbocycles. The predicted octanol–water partition coefficient (Wildman–Crippen LogP) is -1.08. The SMILES string of the molecule is CN1C2=N[Se][Se]C2=Cc2[se+][se]nc21. The first-order valence-electron chi connectivity index (χ1n) is 3.53. The average Bonchev–Trinajstić information content (AvgIpc) is 2.71. The van der Waals surface area contributed by atoms with Crippen molar-refractivity contribution in [3.8, 4) is 0 Å². The van der Waals surface area contributed by atoms with E-state index < -0.39 is 0 Å². The molecular weight excluding hydrogens is 430 g/mol. The van der Waals surface area contributed by atoms with Gasteiger partial charge in [0.1, 0.15) is 0 Å². The molecule has 0 aliphatic carbocycles. The molecule has 2 aliphatic heterocycles. The topological polar surface area (TPSA) is 28.5 Å². The van der Waals surface area contributed by atoms with E-state index in [0.29, 0.717) is 52.0 Å². The third-order valence-corrected chi connectivity index (χ3v) is 12.4. The van der Waals surface area contributed by atoms with Crippen LogP contribution in [0.4, 0.5) is 5.82 Å². The summed E-state index contributed by atoms with van der Waals surface area (Å²) in [4.78, 5) is 2.21. The summed E-state index contributed by atoms with van der Waals surface area (Å²) in [5.74, 6) is 2.44. The van der Waals surface area contributed by atoms with E-state index in [2.05, 4.69) is 26.0 Å². The van der Waals surface area contributed by atoms with Crippen LogP contribution in [0.2, 0.25) is 0 Å². The summed E-state index contributed by atoms with van der Waals surface area (Å²) in [6.07, 6.45) is 2.38. The van der Waals surface area contributed by atoms with Gasteiger partial charge in [-0.15, -0.1) is 0 Å². The third kappa shape index (κ3) is 1.40. The van der Waals surface area contributed by atoms with Crippen LogP contribution in [0, 0.1) is 0 Å². The zero-order valence-electron chi connectivity index (χ0n) is 6.55. The molecular formula is C6H4N3Se4+. The normalized spacial score (nSPS) is 19.3. The van der Waals surface area contributed by atoms with E-state index >= 15 is 0 Å². The maximum atomic E-state index is 4.58. The molecule has 7 heteroatoms. The van der Waals surface area contributed by atoms with Crippen molar-refractivity contribution >= 4 is 69.7 Å². The second-order valence-corrected chi connectivity index (χ2v) is 13.4. The summed E-state index contributed by atoms with van der Waals surface area (Å²) in [5.41, 5.74) is 0. The molecule has 3 rings (SSSR count). The van der Waals surface area contributed by atoms with Crippen molar-refractivity contribution in [2.24, 2.45) is 4.01 Å². The number of likely N-dealkylation sites (N-methyl/N-ethyl adjacent to an activating group) is 1. The van der Waals surface area contributed by atoms with Gasteiger partial charge < -0.3 is 0 Å². The molecule has 0 atom stereocenters. The van der Waals surface area contributed by atoms with Crippen molar-refractivity contribution in [3.05, 3.63) is 8.91 Å². The first-order chi connectivity index (χ1) is 6.36. The van der Waals surface area contributed by atoms with Crippen LogP contribution in [0.25, 0.3) is 6.08 Å².